The summed E-state index contributed by atoms with van der Waals surface area (Å²) < 4.78 is 0. The molecule has 35 heavy (non-hydrogen) atoms. The number of carbonyl (C=O) groups excluding carboxylic acids is 2. The van der Waals surface area contributed by atoms with Crippen LogP contribution in [0.4, 0.5) is 0 Å². The van der Waals surface area contributed by atoms with E-state index in [-0.39, 0.29) is 18.4 Å². The zero-order chi connectivity index (χ0) is 25.0. The topological polar surface area (TPSA) is 49.4 Å². The fourth-order valence-corrected chi connectivity index (χ4v) is 4.80. The number of hydrogen-bond acceptors (Lipinski definition) is 3. The van der Waals surface area contributed by atoms with Gasteiger partial charge in [0.25, 0.3) is 0 Å². The van der Waals surface area contributed by atoms with Gasteiger partial charge in [-0.15, -0.1) is 11.8 Å². The molecule has 0 bridgehead atoms. The quantitative estimate of drug-likeness (QED) is 0.292. The van der Waals surface area contributed by atoms with Crippen molar-refractivity contribution in [2.45, 2.75) is 50.6 Å². The van der Waals surface area contributed by atoms with Gasteiger partial charge in [-0.3, -0.25) is 9.59 Å². The van der Waals surface area contributed by atoms with Crippen molar-refractivity contribution in [2.75, 3.05) is 12.3 Å². The molecule has 4 nitrogen and oxygen atoms in total. The third-order valence-electron chi connectivity index (χ3n) is 5.72. The van der Waals surface area contributed by atoms with Crippen molar-refractivity contribution in [3.8, 4) is 0 Å². The lowest BCUT2D eigenvalue weighted by Crippen LogP contribution is -2.50. The van der Waals surface area contributed by atoms with Crippen molar-refractivity contribution in [1.29, 1.82) is 0 Å². The van der Waals surface area contributed by atoms with Gasteiger partial charge < -0.3 is 10.2 Å². The lowest BCUT2D eigenvalue weighted by molar-refractivity contribution is -0.141. The molecule has 1 N–H and O–H groups in total. The van der Waals surface area contributed by atoms with Crippen LogP contribution < -0.4 is 5.32 Å². The maximum absolute atomic E-state index is 13.6. The lowest BCUT2D eigenvalue weighted by atomic mass is 10.0. The summed E-state index contributed by atoms with van der Waals surface area (Å²) in [4.78, 5) is 29.7. The minimum atomic E-state index is -0.628. The number of nitrogens with one attached hydrogen (secondary N) is 1. The first-order chi connectivity index (χ1) is 17.0. The molecule has 184 valence electrons. The van der Waals surface area contributed by atoms with Gasteiger partial charge in [0.1, 0.15) is 6.04 Å². The maximum atomic E-state index is 13.6. The zero-order valence-electron chi connectivity index (χ0n) is 20.4. The van der Waals surface area contributed by atoms with Gasteiger partial charge in [-0.05, 0) is 42.7 Å². The van der Waals surface area contributed by atoms with Crippen LogP contribution in [0.1, 0.15) is 36.5 Å². The van der Waals surface area contributed by atoms with E-state index in [1.54, 1.807) is 16.7 Å². The van der Waals surface area contributed by atoms with Gasteiger partial charge in [-0.1, -0.05) is 84.8 Å². The molecule has 0 radical (unpaired) electrons. The van der Waals surface area contributed by atoms with Crippen molar-refractivity contribution in [2.24, 2.45) is 0 Å². The van der Waals surface area contributed by atoms with Crippen LogP contribution in [0.3, 0.4) is 0 Å². The summed E-state index contributed by atoms with van der Waals surface area (Å²) in [6, 6.07) is 25.0. The Kier molecular flexibility index (Phi) is 10.7. The number of benzene rings is 3. The molecule has 0 spiro atoms. The van der Waals surface area contributed by atoms with Gasteiger partial charge in [0.15, 0.2) is 0 Å². The lowest BCUT2D eigenvalue weighted by Gasteiger charge is -2.32. The Morgan fingerprint density at radius 1 is 0.971 bits per heavy atom. The third kappa shape index (κ3) is 8.44. The summed E-state index contributed by atoms with van der Waals surface area (Å²) in [5.74, 6) is 0.439. The number of nitrogens with zero attached hydrogens (tertiary/aromatic N) is 1. The van der Waals surface area contributed by atoms with Crippen LogP contribution in [0.25, 0.3) is 0 Å². The monoisotopic (exact) mass is 508 g/mol. The maximum Gasteiger partial charge on any atom is 0.243 e. The summed E-state index contributed by atoms with van der Waals surface area (Å²) in [7, 11) is 0. The second-order valence-corrected chi connectivity index (χ2v) is 10.1. The second-order valence-electron chi connectivity index (χ2n) is 8.52. The summed E-state index contributed by atoms with van der Waals surface area (Å²) in [5.41, 5.74) is 3.04. The molecule has 0 saturated heterocycles. The molecule has 0 heterocycles. The van der Waals surface area contributed by atoms with E-state index in [0.29, 0.717) is 30.2 Å². The normalized spacial score (nSPS) is 11.6. The zero-order valence-corrected chi connectivity index (χ0v) is 21.9. The fraction of sp³-hybridized carbons (Fsp3) is 0.310. The highest BCUT2D eigenvalue weighted by Gasteiger charge is 2.30. The van der Waals surface area contributed by atoms with Gasteiger partial charge in [-0.2, -0.15) is 0 Å². The number of thioether (sulfide) groups is 1. The van der Waals surface area contributed by atoms with Gasteiger partial charge in [0.05, 0.1) is 0 Å². The Labute approximate surface area is 218 Å². The number of aryl methyl sites for hydroxylation is 1. The number of carbonyl (C=O) groups is 2. The predicted octanol–water partition coefficient (Wildman–Crippen LogP) is 6.30. The number of amides is 2. The Bertz CT molecular complexity index is 1090. The molecule has 3 aromatic carbocycles. The Balaban J connectivity index is 1.83. The van der Waals surface area contributed by atoms with Crippen molar-refractivity contribution in [1.82, 2.24) is 10.2 Å². The van der Waals surface area contributed by atoms with E-state index >= 15 is 0 Å². The van der Waals surface area contributed by atoms with Gasteiger partial charge >= 0.3 is 0 Å². The van der Waals surface area contributed by atoms with Gasteiger partial charge in [0, 0.05) is 41.6 Å². The van der Waals surface area contributed by atoms with Crippen molar-refractivity contribution < 1.29 is 9.59 Å². The summed E-state index contributed by atoms with van der Waals surface area (Å²) >= 11 is 8.10. The molecule has 3 rings (SSSR count). The molecule has 2 amide bonds. The Morgan fingerprint density at radius 2 is 1.66 bits per heavy atom. The average Bonchev–Trinajstić information content (AvgIpc) is 2.87. The average molecular weight is 509 g/mol. The molecular formula is C29H33ClN2O2S. The highest BCUT2D eigenvalue weighted by atomic mass is 35.5. The van der Waals surface area contributed by atoms with E-state index in [1.807, 2.05) is 61.5 Å². The molecular weight excluding hydrogens is 476 g/mol. The molecule has 0 aliphatic heterocycles. The fourth-order valence-electron chi connectivity index (χ4n) is 3.76. The summed E-state index contributed by atoms with van der Waals surface area (Å²) in [6.45, 7) is 4.93. The van der Waals surface area contributed by atoms with Crippen molar-refractivity contribution in [3.05, 3.63) is 101 Å². The van der Waals surface area contributed by atoms with Crippen LogP contribution in [0.2, 0.25) is 5.02 Å². The molecule has 0 fully saturated rings. The van der Waals surface area contributed by atoms with Crippen molar-refractivity contribution >= 4 is 35.2 Å². The smallest absolute Gasteiger partial charge is 0.243 e. The molecule has 1 atom stereocenters. The minimum absolute atomic E-state index is 0.0582. The molecule has 1 unspecified atom stereocenters. The first kappa shape index (κ1) is 26.8. The molecule has 0 aliphatic rings. The first-order valence-corrected chi connectivity index (χ1v) is 13.4. The van der Waals surface area contributed by atoms with Crippen LogP contribution >= 0.6 is 23.4 Å². The number of rotatable bonds is 12. The van der Waals surface area contributed by atoms with E-state index in [4.69, 9.17) is 11.6 Å². The molecule has 0 aliphatic carbocycles. The van der Waals surface area contributed by atoms with E-state index in [1.165, 1.54) is 5.56 Å². The van der Waals surface area contributed by atoms with Crippen LogP contribution in [0, 0.1) is 6.92 Å². The standard InChI is InChI=1S/C29H33ClN2O2S/c1-3-18-31-29(34)27(20-23-9-5-4-6-10-23)32(21-24-11-7-8-12-26(24)30)28(33)17-19-35-25-15-13-22(2)14-16-25/h4-16,27H,3,17-21H2,1-2H3,(H,31,34). The van der Waals surface area contributed by atoms with Gasteiger partial charge in [0.2, 0.25) is 11.8 Å². The van der Waals surface area contributed by atoms with E-state index in [2.05, 4.69) is 36.5 Å². The Morgan fingerprint density at radius 3 is 2.34 bits per heavy atom. The number of hydrogen-bond donors (Lipinski definition) is 1. The SMILES string of the molecule is CCCNC(=O)C(Cc1ccccc1)N(Cc1ccccc1Cl)C(=O)CCSc1ccc(C)cc1. The predicted molar refractivity (Wildman–Crippen MR) is 146 cm³/mol. The summed E-state index contributed by atoms with van der Waals surface area (Å²) in [5, 5.41) is 3.59. The highest BCUT2D eigenvalue weighted by molar-refractivity contribution is 7.99. The summed E-state index contributed by atoms with van der Waals surface area (Å²) in [6.07, 6.45) is 1.60. The first-order valence-electron chi connectivity index (χ1n) is 12.0. The van der Waals surface area contributed by atoms with Crippen LogP contribution in [-0.2, 0) is 22.6 Å². The van der Waals surface area contributed by atoms with Crippen molar-refractivity contribution in [3.63, 3.8) is 0 Å². The largest absolute Gasteiger partial charge is 0.354 e. The molecule has 0 saturated carbocycles. The van der Waals surface area contributed by atoms with Crippen LogP contribution in [-0.4, -0.2) is 35.1 Å². The molecule has 6 heteroatoms. The Hall–Kier alpha value is -2.76. The van der Waals surface area contributed by atoms with Gasteiger partial charge in [-0.25, -0.2) is 0 Å². The van der Waals surface area contributed by atoms with E-state index in [9.17, 15) is 9.59 Å². The van der Waals surface area contributed by atoms with Crippen LogP contribution in [0.15, 0.2) is 83.8 Å². The highest BCUT2D eigenvalue weighted by Crippen LogP contribution is 2.23. The number of halogens is 1. The van der Waals surface area contributed by atoms with E-state index < -0.39 is 6.04 Å². The molecule has 3 aromatic rings. The van der Waals surface area contributed by atoms with E-state index in [0.717, 1.165) is 22.4 Å². The second kappa shape index (κ2) is 14.0. The van der Waals surface area contributed by atoms with Crippen LogP contribution in [0.5, 0.6) is 0 Å². The third-order valence-corrected chi connectivity index (χ3v) is 7.11. The molecule has 0 aromatic heterocycles. The minimum Gasteiger partial charge on any atom is -0.354 e.